The SMILES string of the molecule is CC(CNC(=O)c1ccc(OCCSc2ccccc2)cc1)c1ccccc1. The van der Waals surface area contributed by atoms with Crippen LogP contribution in [-0.2, 0) is 0 Å². The van der Waals surface area contributed by atoms with E-state index in [1.165, 1.54) is 10.5 Å². The van der Waals surface area contributed by atoms with Gasteiger partial charge in [0.25, 0.3) is 5.91 Å². The molecule has 1 atom stereocenters. The number of hydrogen-bond donors (Lipinski definition) is 1. The van der Waals surface area contributed by atoms with Gasteiger partial charge in [0.05, 0.1) is 6.61 Å². The summed E-state index contributed by atoms with van der Waals surface area (Å²) in [5, 5.41) is 3.00. The third-order valence-corrected chi connectivity index (χ3v) is 5.39. The van der Waals surface area contributed by atoms with Crippen molar-refractivity contribution in [3.05, 3.63) is 96.1 Å². The normalized spacial score (nSPS) is 11.6. The molecule has 28 heavy (non-hydrogen) atoms. The van der Waals surface area contributed by atoms with E-state index in [2.05, 4.69) is 36.5 Å². The lowest BCUT2D eigenvalue weighted by atomic mass is 10.0. The fourth-order valence-electron chi connectivity index (χ4n) is 2.79. The van der Waals surface area contributed by atoms with Gasteiger partial charge in [0.1, 0.15) is 5.75 Å². The molecule has 3 rings (SSSR count). The zero-order chi connectivity index (χ0) is 19.6. The lowest BCUT2D eigenvalue weighted by Gasteiger charge is -2.13. The third kappa shape index (κ3) is 6.17. The van der Waals surface area contributed by atoms with Crippen molar-refractivity contribution in [2.24, 2.45) is 0 Å². The van der Waals surface area contributed by atoms with Crippen LogP contribution in [-0.4, -0.2) is 24.8 Å². The van der Waals surface area contributed by atoms with E-state index in [1.54, 1.807) is 11.8 Å². The maximum atomic E-state index is 12.4. The monoisotopic (exact) mass is 391 g/mol. The van der Waals surface area contributed by atoms with Crippen molar-refractivity contribution in [2.75, 3.05) is 18.9 Å². The smallest absolute Gasteiger partial charge is 0.251 e. The van der Waals surface area contributed by atoms with Crippen LogP contribution in [0.5, 0.6) is 5.75 Å². The maximum absolute atomic E-state index is 12.4. The molecule has 3 aromatic carbocycles. The van der Waals surface area contributed by atoms with Gasteiger partial charge in [-0.25, -0.2) is 0 Å². The Labute approximate surface area is 171 Å². The van der Waals surface area contributed by atoms with E-state index < -0.39 is 0 Å². The molecule has 144 valence electrons. The summed E-state index contributed by atoms with van der Waals surface area (Å²) < 4.78 is 5.77. The van der Waals surface area contributed by atoms with E-state index in [1.807, 2.05) is 60.7 Å². The first kappa shape index (κ1) is 20.0. The van der Waals surface area contributed by atoms with Crippen molar-refractivity contribution >= 4 is 17.7 Å². The molecule has 1 unspecified atom stereocenters. The molecule has 0 bridgehead atoms. The first-order valence-electron chi connectivity index (χ1n) is 9.46. The molecule has 0 aliphatic rings. The molecule has 0 saturated heterocycles. The summed E-state index contributed by atoms with van der Waals surface area (Å²) in [6.07, 6.45) is 0. The van der Waals surface area contributed by atoms with Crippen LogP contribution < -0.4 is 10.1 Å². The van der Waals surface area contributed by atoms with Crippen LogP contribution >= 0.6 is 11.8 Å². The summed E-state index contributed by atoms with van der Waals surface area (Å²) in [5.41, 5.74) is 1.87. The Bertz CT molecular complexity index is 851. The first-order chi connectivity index (χ1) is 13.7. The minimum Gasteiger partial charge on any atom is -0.493 e. The molecule has 0 heterocycles. The number of hydrogen-bond acceptors (Lipinski definition) is 3. The van der Waals surface area contributed by atoms with Crippen molar-refractivity contribution in [2.45, 2.75) is 17.7 Å². The fourth-order valence-corrected chi connectivity index (χ4v) is 3.54. The van der Waals surface area contributed by atoms with Gasteiger partial charge in [-0.2, -0.15) is 0 Å². The summed E-state index contributed by atoms with van der Waals surface area (Å²) in [6.45, 7) is 3.34. The van der Waals surface area contributed by atoms with Gasteiger partial charge < -0.3 is 10.1 Å². The standard InChI is InChI=1S/C24H25NO2S/c1-19(20-8-4-2-5-9-20)18-25-24(26)21-12-14-22(15-13-21)27-16-17-28-23-10-6-3-7-11-23/h2-15,19H,16-18H2,1H3,(H,25,26). The summed E-state index contributed by atoms with van der Waals surface area (Å²) in [4.78, 5) is 13.6. The molecule has 0 aliphatic carbocycles. The van der Waals surface area contributed by atoms with Gasteiger partial charge >= 0.3 is 0 Å². The van der Waals surface area contributed by atoms with E-state index in [0.29, 0.717) is 18.7 Å². The van der Waals surface area contributed by atoms with Gasteiger partial charge in [0.2, 0.25) is 0 Å². The van der Waals surface area contributed by atoms with Crippen molar-refractivity contribution in [3.63, 3.8) is 0 Å². The van der Waals surface area contributed by atoms with Crippen LogP contribution in [0, 0.1) is 0 Å². The Morgan fingerprint density at radius 1 is 0.929 bits per heavy atom. The predicted octanol–water partition coefficient (Wildman–Crippen LogP) is 5.39. The van der Waals surface area contributed by atoms with Crippen LogP contribution in [0.1, 0.15) is 28.8 Å². The minimum atomic E-state index is -0.0611. The minimum absolute atomic E-state index is 0.0611. The Morgan fingerprint density at radius 2 is 1.57 bits per heavy atom. The second kappa shape index (κ2) is 10.6. The second-order valence-electron chi connectivity index (χ2n) is 6.56. The van der Waals surface area contributed by atoms with Gasteiger partial charge in [0.15, 0.2) is 0 Å². The zero-order valence-corrected chi connectivity index (χ0v) is 16.8. The van der Waals surface area contributed by atoms with Gasteiger partial charge in [-0.3, -0.25) is 4.79 Å². The molecule has 0 spiro atoms. The number of carbonyl (C=O) groups is 1. The summed E-state index contributed by atoms with van der Waals surface area (Å²) in [7, 11) is 0. The fraction of sp³-hybridized carbons (Fsp3) is 0.208. The quantitative estimate of drug-likeness (QED) is 0.392. The number of nitrogens with one attached hydrogen (secondary N) is 1. The van der Waals surface area contributed by atoms with Gasteiger partial charge in [-0.1, -0.05) is 55.5 Å². The average Bonchev–Trinajstić information content (AvgIpc) is 2.76. The van der Waals surface area contributed by atoms with Crippen LogP contribution in [0.2, 0.25) is 0 Å². The highest BCUT2D eigenvalue weighted by Gasteiger charge is 2.09. The lowest BCUT2D eigenvalue weighted by molar-refractivity contribution is 0.0951. The summed E-state index contributed by atoms with van der Waals surface area (Å²) in [6, 6.07) is 27.8. The average molecular weight is 392 g/mol. The Balaban J connectivity index is 1.41. The second-order valence-corrected chi connectivity index (χ2v) is 7.72. The van der Waals surface area contributed by atoms with Crippen LogP contribution in [0.4, 0.5) is 0 Å². The summed E-state index contributed by atoms with van der Waals surface area (Å²) >= 11 is 1.77. The molecule has 0 fully saturated rings. The Morgan fingerprint density at radius 3 is 2.25 bits per heavy atom. The first-order valence-corrected chi connectivity index (χ1v) is 10.4. The number of benzene rings is 3. The summed E-state index contributed by atoms with van der Waals surface area (Å²) in [5.74, 6) is 1.87. The Kier molecular flexibility index (Phi) is 7.56. The molecular formula is C24H25NO2S. The van der Waals surface area contributed by atoms with Crippen molar-refractivity contribution in [1.82, 2.24) is 5.32 Å². The zero-order valence-electron chi connectivity index (χ0n) is 16.0. The highest BCUT2D eigenvalue weighted by molar-refractivity contribution is 7.99. The van der Waals surface area contributed by atoms with E-state index in [-0.39, 0.29) is 11.8 Å². The molecule has 0 aromatic heterocycles. The number of thioether (sulfide) groups is 1. The van der Waals surface area contributed by atoms with Gasteiger partial charge in [-0.15, -0.1) is 11.8 Å². The Hall–Kier alpha value is -2.72. The molecule has 3 nitrogen and oxygen atoms in total. The molecular weight excluding hydrogens is 366 g/mol. The molecule has 3 aromatic rings. The molecule has 0 saturated carbocycles. The molecule has 1 amide bonds. The predicted molar refractivity (Wildman–Crippen MR) is 116 cm³/mol. The number of carbonyl (C=O) groups excluding carboxylic acids is 1. The number of rotatable bonds is 9. The van der Waals surface area contributed by atoms with Crippen molar-refractivity contribution in [1.29, 1.82) is 0 Å². The molecule has 1 N–H and O–H groups in total. The van der Waals surface area contributed by atoms with E-state index in [9.17, 15) is 4.79 Å². The van der Waals surface area contributed by atoms with E-state index in [0.717, 1.165) is 11.5 Å². The largest absolute Gasteiger partial charge is 0.493 e. The third-order valence-electron chi connectivity index (χ3n) is 4.42. The lowest BCUT2D eigenvalue weighted by Crippen LogP contribution is -2.27. The van der Waals surface area contributed by atoms with Gasteiger partial charge in [0, 0.05) is 22.8 Å². The van der Waals surface area contributed by atoms with Crippen LogP contribution in [0.3, 0.4) is 0 Å². The molecule has 0 aliphatic heterocycles. The van der Waals surface area contributed by atoms with Crippen LogP contribution in [0.15, 0.2) is 89.8 Å². The van der Waals surface area contributed by atoms with Crippen LogP contribution in [0.25, 0.3) is 0 Å². The number of ether oxygens (including phenoxy) is 1. The maximum Gasteiger partial charge on any atom is 0.251 e. The van der Waals surface area contributed by atoms with Crippen molar-refractivity contribution < 1.29 is 9.53 Å². The van der Waals surface area contributed by atoms with E-state index in [4.69, 9.17) is 4.74 Å². The highest BCUT2D eigenvalue weighted by atomic mass is 32.2. The molecule has 4 heteroatoms. The topological polar surface area (TPSA) is 38.3 Å². The highest BCUT2D eigenvalue weighted by Crippen LogP contribution is 2.18. The molecule has 0 radical (unpaired) electrons. The van der Waals surface area contributed by atoms with Gasteiger partial charge in [-0.05, 0) is 47.9 Å². The van der Waals surface area contributed by atoms with Crippen molar-refractivity contribution in [3.8, 4) is 5.75 Å². The van der Waals surface area contributed by atoms with E-state index >= 15 is 0 Å². The number of amides is 1.